The van der Waals surface area contributed by atoms with Gasteiger partial charge in [-0.15, -0.1) is 0 Å². The molecule has 0 fully saturated rings. The Bertz CT molecular complexity index is 439. The number of amides is 1. The molecule has 0 unspecified atom stereocenters. The maximum Gasteiger partial charge on any atom is 0.248 e. The molecule has 0 saturated heterocycles. The fourth-order valence-corrected chi connectivity index (χ4v) is 1.02. The molecular weight excluding hydrogens is 212 g/mol. The Balaban J connectivity index is 2.70. The zero-order valence-electron chi connectivity index (χ0n) is 8.71. The molecule has 84 valence electrons. The summed E-state index contributed by atoms with van der Waals surface area (Å²) in [6.45, 7) is 1.81. The molecule has 1 N–H and O–H groups in total. The highest BCUT2D eigenvalue weighted by atomic mass is 19.1. The Kier molecular flexibility index (Phi) is 4.39. The maximum absolute atomic E-state index is 13.1. The van der Waals surface area contributed by atoms with Crippen molar-refractivity contribution in [3.8, 4) is 0 Å². The summed E-state index contributed by atoms with van der Waals surface area (Å²) in [5, 5.41) is 2.30. The summed E-state index contributed by atoms with van der Waals surface area (Å²) in [6, 6.07) is 2.96. The molecule has 0 aliphatic heterocycles. The number of benzene rings is 1. The molecule has 0 aliphatic carbocycles. The lowest BCUT2D eigenvalue weighted by atomic mass is 10.3. The first-order valence-corrected chi connectivity index (χ1v) is 4.69. The highest BCUT2D eigenvalue weighted by molar-refractivity contribution is 5.99. The number of allylic oxidation sites excluding steroid dienone is 3. The number of hydrogen-bond donors (Lipinski definition) is 1. The van der Waals surface area contributed by atoms with Gasteiger partial charge in [-0.25, -0.2) is 8.78 Å². The van der Waals surface area contributed by atoms with Gasteiger partial charge in [-0.3, -0.25) is 4.79 Å². The fraction of sp³-hybridized carbons (Fsp3) is 0.0833. The Morgan fingerprint density at radius 3 is 2.69 bits per heavy atom. The lowest BCUT2D eigenvalue weighted by Crippen LogP contribution is -2.09. The van der Waals surface area contributed by atoms with Crippen molar-refractivity contribution in [3.63, 3.8) is 0 Å². The minimum Gasteiger partial charge on any atom is -0.320 e. The Morgan fingerprint density at radius 2 is 2.06 bits per heavy atom. The molecule has 0 aromatic heterocycles. The highest BCUT2D eigenvalue weighted by Gasteiger charge is 2.05. The van der Waals surface area contributed by atoms with Crippen LogP contribution in [-0.2, 0) is 4.79 Å². The molecule has 0 radical (unpaired) electrons. The van der Waals surface area contributed by atoms with E-state index in [1.165, 1.54) is 18.2 Å². The number of hydrogen-bond acceptors (Lipinski definition) is 1. The molecule has 0 heterocycles. The van der Waals surface area contributed by atoms with Gasteiger partial charge in [-0.2, -0.15) is 0 Å². The Hall–Kier alpha value is -1.97. The van der Waals surface area contributed by atoms with Gasteiger partial charge in [0.2, 0.25) is 5.91 Å². The summed E-state index contributed by atoms with van der Waals surface area (Å²) in [4.78, 5) is 11.2. The van der Waals surface area contributed by atoms with Crippen LogP contribution in [0.25, 0.3) is 0 Å². The third kappa shape index (κ3) is 3.65. The van der Waals surface area contributed by atoms with E-state index in [0.29, 0.717) is 6.07 Å². The summed E-state index contributed by atoms with van der Waals surface area (Å²) >= 11 is 0. The van der Waals surface area contributed by atoms with Crippen LogP contribution in [-0.4, -0.2) is 5.91 Å². The normalized spacial score (nSPS) is 11.2. The first-order valence-electron chi connectivity index (χ1n) is 4.69. The van der Waals surface area contributed by atoms with E-state index >= 15 is 0 Å². The molecule has 2 nitrogen and oxygen atoms in total. The molecule has 1 rings (SSSR count). The van der Waals surface area contributed by atoms with Gasteiger partial charge in [0.25, 0.3) is 0 Å². The second kappa shape index (κ2) is 5.80. The topological polar surface area (TPSA) is 29.1 Å². The van der Waals surface area contributed by atoms with Crippen molar-refractivity contribution >= 4 is 11.6 Å². The molecule has 0 aliphatic rings. The summed E-state index contributed by atoms with van der Waals surface area (Å²) in [7, 11) is 0. The van der Waals surface area contributed by atoms with E-state index in [2.05, 4.69) is 5.32 Å². The van der Waals surface area contributed by atoms with Crippen molar-refractivity contribution in [2.24, 2.45) is 0 Å². The molecule has 0 saturated carbocycles. The van der Waals surface area contributed by atoms with E-state index < -0.39 is 17.5 Å². The second-order valence-corrected chi connectivity index (χ2v) is 3.00. The molecule has 4 heteroatoms. The van der Waals surface area contributed by atoms with Gasteiger partial charge in [0.1, 0.15) is 11.6 Å². The summed E-state index contributed by atoms with van der Waals surface area (Å²) < 4.78 is 25.7. The molecular formula is C12H11F2NO. The van der Waals surface area contributed by atoms with Crippen molar-refractivity contribution in [2.75, 3.05) is 5.32 Å². The lowest BCUT2D eigenvalue weighted by Gasteiger charge is -2.02. The fourth-order valence-electron chi connectivity index (χ4n) is 1.02. The van der Waals surface area contributed by atoms with Crippen molar-refractivity contribution in [1.82, 2.24) is 0 Å². The van der Waals surface area contributed by atoms with Crippen molar-refractivity contribution < 1.29 is 13.6 Å². The average Bonchev–Trinajstić information content (AvgIpc) is 2.23. The van der Waals surface area contributed by atoms with Gasteiger partial charge in [0.05, 0.1) is 5.69 Å². The first-order chi connectivity index (χ1) is 7.63. The number of rotatable bonds is 3. The zero-order chi connectivity index (χ0) is 12.0. The minimum absolute atomic E-state index is 0.0449. The van der Waals surface area contributed by atoms with Gasteiger partial charge in [-0.1, -0.05) is 18.2 Å². The number of anilines is 1. The molecule has 0 bridgehead atoms. The first kappa shape index (κ1) is 12.1. The van der Waals surface area contributed by atoms with Crippen molar-refractivity contribution in [2.45, 2.75) is 6.92 Å². The van der Waals surface area contributed by atoms with E-state index in [1.807, 2.05) is 6.92 Å². The quantitative estimate of drug-likeness (QED) is 0.619. The lowest BCUT2D eigenvalue weighted by molar-refractivity contribution is -0.111. The van der Waals surface area contributed by atoms with Gasteiger partial charge < -0.3 is 5.32 Å². The van der Waals surface area contributed by atoms with Crippen LogP contribution < -0.4 is 5.32 Å². The molecule has 16 heavy (non-hydrogen) atoms. The van der Waals surface area contributed by atoms with Crippen LogP contribution in [0, 0.1) is 11.6 Å². The molecule has 1 aromatic carbocycles. The summed E-state index contributed by atoms with van der Waals surface area (Å²) in [5.74, 6) is -1.95. The summed E-state index contributed by atoms with van der Waals surface area (Å²) in [5.41, 5.74) is -0.0449. The van der Waals surface area contributed by atoms with Crippen LogP contribution >= 0.6 is 0 Å². The van der Waals surface area contributed by atoms with Gasteiger partial charge >= 0.3 is 0 Å². The largest absolute Gasteiger partial charge is 0.320 e. The number of nitrogens with one attached hydrogen (secondary N) is 1. The molecule has 1 amide bonds. The number of carbonyl (C=O) groups excluding carboxylic acids is 1. The van der Waals surface area contributed by atoms with Crippen LogP contribution in [0.2, 0.25) is 0 Å². The maximum atomic E-state index is 13.1. The predicted molar refractivity (Wildman–Crippen MR) is 58.9 cm³/mol. The standard InChI is InChI=1S/C12H11F2NO/c1-2-3-4-5-12(16)15-11-7-6-9(13)8-10(11)14/h2-8H,1H3,(H,15,16)/b3-2+,5-4+. The third-order valence-corrected chi connectivity index (χ3v) is 1.74. The van der Waals surface area contributed by atoms with Crippen LogP contribution in [0.3, 0.4) is 0 Å². The third-order valence-electron chi connectivity index (χ3n) is 1.74. The zero-order valence-corrected chi connectivity index (χ0v) is 8.71. The smallest absolute Gasteiger partial charge is 0.248 e. The molecule has 0 atom stereocenters. The van der Waals surface area contributed by atoms with Crippen molar-refractivity contribution in [3.05, 3.63) is 54.1 Å². The van der Waals surface area contributed by atoms with Gasteiger partial charge in [-0.05, 0) is 19.1 Å². The van der Waals surface area contributed by atoms with E-state index in [-0.39, 0.29) is 5.69 Å². The molecule has 0 spiro atoms. The van der Waals surface area contributed by atoms with E-state index in [9.17, 15) is 13.6 Å². The van der Waals surface area contributed by atoms with E-state index in [1.54, 1.807) is 12.2 Å². The van der Waals surface area contributed by atoms with E-state index in [0.717, 1.165) is 6.07 Å². The monoisotopic (exact) mass is 223 g/mol. The van der Waals surface area contributed by atoms with Crippen LogP contribution in [0.15, 0.2) is 42.5 Å². The number of carbonyl (C=O) groups is 1. The summed E-state index contributed by atoms with van der Waals surface area (Å²) in [6.07, 6.45) is 6.20. The molecule has 1 aromatic rings. The van der Waals surface area contributed by atoms with E-state index in [4.69, 9.17) is 0 Å². The Labute approximate surface area is 92.3 Å². The van der Waals surface area contributed by atoms with Crippen LogP contribution in [0.4, 0.5) is 14.5 Å². The Morgan fingerprint density at radius 1 is 1.31 bits per heavy atom. The van der Waals surface area contributed by atoms with Crippen molar-refractivity contribution in [1.29, 1.82) is 0 Å². The second-order valence-electron chi connectivity index (χ2n) is 3.00. The average molecular weight is 223 g/mol. The van der Waals surface area contributed by atoms with Gasteiger partial charge in [0.15, 0.2) is 0 Å². The van der Waals surface area contributed by atoms with Crippen LogP contribution in [0.1, 0.15) is 6.92 Å². The minimum atomic E-state index is -0.798. The highest BCUT2D eigenvalue weighted by Crippen LogP contribution is 2.14. The van der Waals surface area contributed by atoms with Gasteiger partial charge in [0, 0.05) is 12.1 Å². The predicted octanol–water partition coefficient (Wildman–Crippen LogP) is 3.04. The van der Waals surface area contributed by atoms with Crippen LogP contribution in [0.5, 0.6) is 0 Å². The SMILES string of the molecule is C/C=C/C=C/C(=O)Nc1ccc(F)cc1F. The number of halogens is 2.